The molecular formula is C22H18O4. The summed E-state index contributed by atoms with van der Waals surface area (Å²) in [4.78, 5) is 24.1. The number of carboxylic acids is 1. The molecule has 0 unspecified atom stereocenters. The van der Waals surface area contributed by atoms with E-state index in [1.165, 1.54) is 17.7 Å². The maximum absolute atomic E-state index is 12.9. The zero-order valence-corrected chi connectivity index (χ0v) is 14.4. The van der Waals surface area contributed by atoms with Crippen molar-refractivity contribution in [3.05, 3.63) is 80.7 Å². The highest BCUT2D eigenvalue weighted by molar-refractivity contribution is 5.93. The molecule has 0 bridgehead atoms. The van der Waals surface area contributed by atoms with Crippen molar-refractivity contribution >= 4 is 28.6 Å². The van der Waals surface area contributed by atoms with Crippen LogP contribution in [-0.4, -0.2) is 11.1 Å². The van der Waals surface area contributed by atoms with E-state index in [0.29, 0.717) is 28.7 Å². The van der Waals surface area contributed by atoms with Gasteiger partial charge in [0.15, 0.2) is 5.43 Å². The first-order chi connectivity index (χ1) is 12.5. The summed E-state index contributed by atoms with van der Waals surface area (Å²) in [7, 11) is 0. The second-order valence-electron chi connectivity index (χ2n) is 6.63. The van der Waals surface area contributed by atoms with Gasteiger partial charge in [0.05, 0.1) is 10.9 Å². The number of fused-ring (bicyclic) bond motifs is 2. The first-order valence-electron chi connectivity index (χ1n) is 8.64. The van der Waals surface area contributed by atoms with E-state index in [4.69, 9.17) is 9.52 Å². The van der Waals surface area contributed by atoms with E-state index in [1.54, 1.807) is 6.07 Å². The van der Waals surface area contributed by atoms with Crippen molar-refractivity contribution in [2.75, 3.05) is 0 Å². The van der Waals surface area contributed by atoms with Gasteiger partial charge in [0.25, 0.3) is 0 Å². The van der Waals surface area contributed by atoms with Crippen LogP contribution in [0.4, 0.5) is 0 Å². The maximum atomic E-state index is 12.9. The smallest absolute Gasteiger partial charge is 0.335 e. The molecule has 1 heterocycles. The van der Waals surface area contributed by atoms with E-state index in [0.717, 1.165) is 24.0 Å². The number of carbonyl (C=O) groups is 1. The monoisotopic (exact) mass is 346 g/mol. The van der Waals surface area contributed by atoms with Gasteiger partial charge in [-0.2, -0.15) is 0 Å². The minimum atomic E-state index is -1.05. The molecule has 0 spiro atoms. The van der Waals surface area contributed by atoms with E-state index in [1.807, 2.05) is 12.1 Å². The molecule has 0 radical (unpaired) electrons. The second-order valence-corrected chi connectivity index (χ2v) is 6.63. The zero-order valence-electron chi connectivity index (χ0n) is 14.4. The Morgan fingerprint density at radius 2 is 1.96 bits per heavy atom. The average Bonchev–Trinajstić information content (AvgIpc) is 2.64. The normalized spacial score (nSPS) is 15.2. The molecule has 1 N–H and O–H groups in total. The van der Waals surface area contributed by atoms with Crippen LogP contribution in [-0.2, 0) is 6.42 Å². The fraction of sp³-hybridized carbons (Fsp3) is 0.182. The summed E-state index contributed by atoms with van der Waals surface area (Å²) in [5.74, 6) is -0.413. The van der Waals surface area contributed by atoms with Gasteiger partial charge in [0, 0.05) is 5.56 Å². The molecule has 3 aromatic rings. The summed E-state index contributed by atoms with van der Waals surface area (Å²) >= 11 is 0. The van der Waals surface area contributed by atoms with Crippen molar-refractivity contribution in [1.29, 1.82) is 0 Å². The van der Waals surface area contributed by atoms with Crippen molar-refractivity contribution in [2.24, 2.45) is 0 Å². The van der Waals surface area contributed by atoms with Gasteiger partial charge in [-0.25, -0.2) is 4.79 Å². The van der Waals surface area contributed by atoms with Crippen molar-refractivity contribution in [3.8, 4) is 0 Å². The van der Waals surface area contributed by atoms with Crippen LogP contribution in [0.2, 0.25) is 0 Å². The number of hydrogen-bond acceptors (Lipinski definition) is 3. The molecule has 4 nitrogen and oxygen atoms in total. The molecule has 0 saturated heterocycles. The van der Waals surface area contributed by atoms with Crippen LogP contribution >= 0.6 is 0 Å². The van der Waals surface area contributed by atoms with Crippen LogP contribution in [0.15, 0.2) is 51.7 Å². The van der Waals surface area contributed by atoms with Gasteiger partial charge in [-0.15, -0.1) is 0 Å². The molecular weight excluding hydrogens is 328 g/mol. The highest BCUT2D eigenvalue weighted by Gasteiger charge is 2.22. The maximum Gasteiger partial charge on any atom is 0.335 e. The van der Waals surface area contributed by atoms with Gasteiger partial charge in [-0.1, -0.05) is 24.3 Å². The van der Waals surface area contributed by atoms with Crippen LogP contribution in [0, 0.1) is 6.92 Å². The van der Waals surface area contributed by atoms with Crippen molar-refractivity contribution in [1.82, 2.24) is 0 Å². The number of allylic oxidation sites excluding steroid dienone is 1. The molecule has 4 heteroatoms. The highest BCUT2D eigenvalue weighted by Crippen LogP contribution is 2.33. The first kappa shape index (κ1) is 16.3. The van der Waals surface area contributed by atoms with Gasteiger partial charge < -0.3 is 9.52 Å². The number of hydrogen-bond donors (Lipinski definition) is 1. The average molecular weight is 346 g/mol. The van der Waals surface area contributed by atoms with E-state index < -0.39 is 5.97 Å². The Balaban J connectivity index is 1.93. The standard InChI is InChI=1S/C22H18O4/c1-13-5-2-3-6-14(13)11-15-7-4-8-17-20(23)18-12-16(22(24)25)9-10-19(18)26-21(15)17/h2-3,5-6,9-12H,4,7-8H2,1H3,(H,24,25)/b15-11-. The van der Waals surface area contributed by atoms with Gasteiger partial charge in [0.1, 0.15) is 11.3 Å². The van der Waals surface area contributed by atoms with Crippen molar-refractivity contribution < 1.29 is 14.3 Å². The molecule has 0 atom stereocenters. The second kappa shape index (κ2) is 6.30. The Morgan fingerprint density at radius 3 is 2.73 bits per heavy atom. The van der Waals surface area contributed by atoms with Crippen LogP contribution in [0.5, 0.6) is 0 Å². The lowest BCUT2D eigenvalue weighted by atomic mass is 9.89. The highest BCUT2D eigenvalue weighted by atomic mass is 16.4. The Bertz CT molecular complexity index is 1120. The van der Waals surface area contributed by atoms with E-state index in [9.17, 15) is 9.59 Å². The fourth-order valence-electron chi connectivity index (χ4n) is 3.50. The van der Waals surface area contributed by atoms with Crippen LogP contribution in [0.3, 0.4) is 0 Å². The summed E-state index contributed by atoms with van der Waals surface area (Å²) in [5, 5.41) is 9.50. The molecule has 0 aliphatic heterocycles. The van der Waals surface area contributed by atoms with E-state index in [-0.39, 0.29) is 11.0 Å². The summed E-state index contributed by atoms with van der Waals surface area (Å²) in [6, 6.07) is 12.5. The van der Waals surface area contributed by atoms with Crippen LogP contribution in [0.1, 0.15) is 45.7 Å². The van der Waals surface area contributed by atoms with E-state index >= 15 is 0 Å². The van der Waals surface area contributed by atoms with Gasteiger partial charge in [0.2, 0.25) is 0 Å². The first-order valence-corrected chi connectivity index (χ1v) is 8.64. The summed E-state index contributed by atoms with van der Waals surface area (Å²) in [5.41, 5.74) is 4.33. The molecule has 4 rings (SSSR count). The molecule has 2 aromatic carbocycles. The van der Waals surface area contributed by atoms with Gasteiger partial charge >= 0.3 is 5.97 Å². The van der Waals surface area contributed by atoms with Crippen molar-refractivity contribution in [3.63, 3.8) is 0 Å². The fourth-order valence-corrected chi connectivity index (χ4v) is 3.50. The lowest BCUT2D eigenvalue weighted by Crippen LogP contribution is -2.16. The molecule has 0 saturated carbocycles. The minimum Gasteiger partial charge on any atom is -0.478 e. The molecule has 26 heavy (non-hydrogen) atoms. The van der Waals surface area contributed by atoms with Gasteiger partial charge in [-0.05, 0) is 67.2 Å². The molecule has 0 fully saturated rings. The number of aromatic carboxylic acids is 1. The lowest BCUT2D eigenvalue weighted by Gasteiger charge is -2.18. The Kier molecular flexibility index (Phi) is 3.96. The Morgan fingerprint density at radius 1 is 1.15 bits per heavy atom. The molecule has 1 aliphatic rings. The van der Waals surface area contributed by atoms with Gasteiger partial charge in [-0.3, -0.25) is 4.79 Å². The summed E-state index contributed by atoms with van der Waals surface area (Å²) in [6.45, 7) is 2.06. The number of carboxylic acid groups (broad SMARTS) is 1. The third-order valence-corrected chi connectivity index (χ3v) is 4.91. The van der Waals surface area contributed by atoms with E-state index in [2.05, 4.69) is 25.1 Å². The topological polar surface area (TPSA) is 67.5 Å². The minimum absolute atomic E-state index is 0.0937. The zero-order chi connectivity index (χ0) is 18.3. The largest absolute Gasteiger partial charge is 0.478 e. The Labute approximate surface area is 150 Å². The lowest BCUT2D eigenvalue weighted by molar-refractivity contribution is 0.0697. The Hall–Kier alpha value is -3.14. The van der Waals surface area contributed by atoms with Crippen molar-refractivity contribution in [2.45, 2.75) is 26.2 Å². The molecule has 1 aliphatic carbocycles. The third kappa shape index (κ3) is 2.73. The third-order valence-electron chi connectivity index (χ3n) is 4.91. The van der Waals surface area contributed by atoms with Crippen LogP contribution < -0.4 is 5.43 Å². The molecule has 130 valence electrons. The summed E-state index contributed by atoms with van der Waals surface area (Å²) < 4.78 is 6.06. The number of rotatable bonds is 2. The summed E-state index contributed by atoms with van der Waals surface area (Å²) in [6.07, 6.45) is 4.46. The number of benzene rings is 2. The molecule has 0 amide bonds. The predicted molar refractivity (Wildman–Crippen MR) is 101 cm³/mol. The predicted octanol–water partition coefficient (Wildman–Crippen LogP) is 4.68. The van der Waals surface area contributed by atoms with Crippen LogP contribution in [0.25, 0.3) is 22.6 Å². The number of aryl methyl sites for hydroxylation is 1. The molecule has 1 aromatic heterocycles. The quantitative estimate of drug-likeness (QED) is 0.732. The SMILES string of the molecule is Cc1ccccc1/C=C1/CCCc2c1oc1ccc(C(=O)O)cc1c2=O.